The van der Waals surface area contributed by atoms with Crippen molar-refractivity contribution in [2.75, 3.05) is 0 Å². The van der Waals surface area contributed by atoms with Gasteiger partial charge in [-0.05, 0) is 28.6 Å². The van der Waals surface area contributed by atoms with E-state index in [1.807, 2.05) is 41.5 Å². The smallest absolute Gasteiger partial charge is 0.198 e. The lowest BCUT2D eigenvalue weighted by Gasteiger charge is -2.31. The van der Waals surface area contributed by atoms with Crippen LogP contribution in [0.2, 0.25) is 0 Å². The fourth-order valence-corrected chi connectivity index (χ4v) is 3.40. The summed E-state index contributed by atoms with van der Waals surface area (Å²) in [6.45, 7) is 11.8. The molecule has 0 aromatic heterocycles. The molecule has 0 unspecified atom stereocenters. The zero-order valence-electron chi connectivity index (χ0n) is 16.2. The van der Waals surface area contributed by atoms with Crippen molar-refractivity contribution in [1.82, 2.24) is 0 Å². The molecule has 0 heterocycles. The molecule has 0 radical (unpaired) electrons. The van der Waals surface area contributed by atoms with E-state index in [1.165, 1.54) is 0 Å². The van der Waals surface area contributed by atoms with Gasteiger partial charge in [0.25, 0.3) is 0 Å². The first-order valence-electron chi connectivity index (χ1n) is 8.84. The standard InChI is InChI=1S/C23H24O3/c1-22(2,3)16-11-13(12-17(21(16)26)23(4,5)6)18-19(24)14-9-7-8-10-15(14)20(18)25/h7-12H,1-6H3. The number of carbonyl (C=O) groups is 3. The largest absolute Gasteiger partial charge is 0.289 e. The summed E-state index contributed by atoms with van der Waals surface area (Å²) < 4.78 is 0. The van der Waals surface area contributed by atoms with Crippen LogP contribution in [-0.2, 0) is 4.79 Å². The van der Waals surface area contributed by atoms with E-state index in [9.17, 15) is 14.4 Å². The second kappa shape index (κ2) is 5.73. The molecule has 0 atom stereocenters. The Kier molecular flexibility index (Phi) is 4.02. The van der Waals surface area contributed by atoms with Crippen molar-refractivity contribution in [2.45, 2.75) is 41.5 Å². The summed E-state index contributed by atoms with van der Waals surface area (Å²) in [4.78, 5) is 38.8. The van der Waals surface area contributed by atoms with E-state index in [-0.39, 0.29) is 33.8 Å². The molecule has 0 amide bonds. The minimum Gasteiger partial charge on any atom is -0.289 e. The van der Waals surface area contributed by atoms with Gasteiger partial charge in [0.15, 0.2) is 17.3 Å². The van der Waals surface area contributed by atoms with Crippen LogP contribution < -0.4 is 0 Å². The summed E-state index contributed by atoms with van der Waals surface area (Å²) in [7, 11) is 0. The molecule has 2 aliphatic carbocycles. The summed E-state index contributed by atoms with van der Waals surface area (Å²) in [6, 6.07) is 6.88. The van der Waals surface area contributed by atoms with Gasteiger partial charge < -0.3 is 0 Å². The van der Waals surface area contributed by atoms with Crippen molar-refractivity contribution in [2.24, 2.45) is 10.8 Å². The monoisotopic (exact) mass is 348 g/mol. The summed E-state index contributed by atoms with van der Waals surface area (Å²) in [5.74, 6) is -0.530. The summed E-state index contributed by atoms with van der Waals surface area (Å²) in [5, 5.41) is 0. The molecule has 3 rings (SSSR count). The Morgan fingerprint density at radius 1 is 0.615 bits per heavy atom. The Morgan fingerprint density at radius 2 is 1.00 bits per heavy atom. The molecular formula is C23H24O3. The molecule has 3 heteroatoms. The number of carbonyl (C=O) groups excluding carboxylic acids is 3. The van der Waals surface area contributed by atoms with Gasteiger partial charge in [0, 0.05) is 22.3 Å². The first-order chi connectivity index (χ1) is 11.9. The molecule has 1 aromatic carbocycles. The molecule has 2 aliphatic rings. The zero-order valence-corrected chi connectivity index (χ0v) is 16.2. The van der Waals surface area contributed by atoms with E-state index in [2.05, 4.69) is 0 Å². The maximum atomic E-state index is 13.0. The normalized spacial score (nSPS) is 18.2. The molecule has 26 heavy (non-hydrogen) atoms. The Labute approximate surface area is 154 Å². The van der Waals surface area contributed by atoms with Crippen LogP contribution in [0, 0.1) is 10.8 Å². The summed E-state index contributed by atoms with van der Waals surface area (Å²) >= 11 is 0. The van der Waals surface area contributed by atoms with Crippen LogP contribution in [0.1, 0.15) is 62.3 Å². The minimum absolute atomic E-state index is 0.00948. The van der Waals surface area contributed by atoms with Gasteiger partial charge in [0.05, 0.1) is 5.57 Å². The molecule has 0 N–H and O–H groups in total. The average Bonchev–Trinajstić information content (AvgIpc) is 2.78. The number of benzene rings is 1. The molecule has 3 nitrogen and oxygen atoms in total. The van der Waals surface area contributed by atoms with Gasteiger partial charge in [0.2, 0.25) is 0 Å². The number of rotatable bonds is 0. The maximum Gasteiger partial charge on any atom is 0.198 e. The fourth-order valence-electron chi connectivity index (χ4n) is 3.40. The second-order valence-electron chi connectivity index (χ2n) is 8.98. The van der Waals surface area contributed by atoms with Crippen LogP contribution in [0.25, 0.3) is 0 Å². The highest BCUT2D eigenvalue weighted by Crippen LogP contribution is 2.41. The lowest BCUT2D eigenvalue weighted by Crippen LogP contribution is -2.28. The first-order valence-corrected chi connectivity index (χ1v) is 8.84. The molecule has 1 aromatic rings. The summed E-state index contributed by atoms with van der Waals surface area (Å²) in [6.07, 6.45) is 3.46. The van der Waals surface area contributed by atoms with Crippen molar-refractivity contribution in [1.29, 1.82) is 0 Å². The fraction of sp³-hybridized carbons (Fsp3) is 0.348. The molecule has 0 aliphatic heterocycles. The van der Waals surface area contributed by atoms with Crippen LogP contribution in [0.4, 0.5) is 0 Å². The Hall–Kier alpha value is -2.55. The van der Waals surface area contributed by atoms with Crippen LogP contribution in [0.5, 0.6) is 0 Å². The van der Waals surface area contributed by atoms with Crippen LogP contribution in [0.3, 0.4) is 0 Å². The van der Waals surface area contributed by atoms with Gasteiger partial charge >= 0.3 is 0 Å². The SMILES string of the molecule is CC(C)(C)C1=CC(=C2C(=O)c3ccccc3C2=O)C=C(C(C)(C)C)C1=O. The van der Waals surface area contributed by atoms with E-state index in [4.69, 9.17) is 0 Å². The van der Waals surface area contributed by atoms with E-state index < -0.39 is 0 Å². The maximum absolute atomic E-state index is 13.0. The topological polar surface area (TPSA) is 51.2 Å². The van der Waals surface area contributed by atoms with Gasteiger partial charge in [0.1, 0.15) is 0 Å². The number of Topliss-reactive ketones (excluding diaryl/α,β-unsaturated/α-hetero) is 3. The molecule has 134 valence electrons. The predicted molar refractivity (Wildman–Crippen MR) is 102 cm³/mol. The van der Waals surface area contributed by atoms with Crippen molar-refractivity contribution >= 4 is 17.3 Å². The Bertz CT molecular complexity index is 865. The first kappa shape index (κ1) is 18.2. The molecular weight excluding hydrogens is 324 g/mol. The number of fused-ring (bicyclic) bond motifs is 1. The quantitative estimate of drug-likeness (QED) is 0.495. The highest BCUT2D eigenvalue weighted by Gasteiger charge is 2.39. The molecule has 0 bridgehead atoms. The highest BCUT2D eigenvalue weighted by molar-refractivity contribution is 6.40. The van der Waals surface area contributed by atoms with Crippen molar-refractivity contribution in [3.05, 3.63) is 69.8 Å². The number of hydrogen-bond donors (Lipinski definition) is 0. The number of hydrogen-bond acceptors (Lipinski definition) is 3. The number of ketones is 3. The predicted octanol–water partition coefficient (Wildman–Crippen LogP) is 4.89. The van der Waals surface area contributed by atoms with E-state index in [1.54, 1.807) is 36.4 Å². The van der Waals surface area contributed by atoms with E-state index >= 15 is 0 Å². The third-order valence-corrected chi connectivity index (χ3v) is 4.86. The lowest BCUT2D eigenvalue weighted by atomic mass is 9.71. The van der Waals surface area contributed by atoms with Crippen LogP contribution >= 0.6 is 0 Å². The van der Waals surface area contributed by atoms with Crippen LogP contribution in [0.15, 0.2) is 58.7 Å². The Balaban J connectivity index is 2.29. The number of allylic oxidation sites excluding steroid dienone is 6. The van der Waals surface area contributed by atoms with Crippen molar-refractivity contribution in [3.63, 3.8) is 0 Å². The third kappa shape index (κ3) is 2.82. The Morgan fingerprint density at radius 3 is 1.35 bits per heavy atom. The minimum atomic E-state index is -0.384. The average molecular weight is 348 g/mol. The second-order valence-corrected chi connectivity index (χ2v) is 8.98. The zero-order chi connectivity index (χ0) is 19.4. The summed E-state index contributed by atoms with van der Waals surface area (Å²) in [5.41, 5.74) is 2.08. The van der Waals surface area contributed by atoms with Gasteiger partial charge in [-0.3, -0.25) is 14.4 Å². The lowest BCUT2D eigenvalue weighted by molar-refractivity contribution is -0.114. The molecule has 0 saturated heterocycles. The van der Waals surface area contributed by atoms with Crippen molar-refractivity contribution < 1.29 is 14.4 Å². The van der Waals surface area contributed by atoms with Crippen LogP contribution in [-0.4, -0.2) is 17.3 Å². The molecule has 0 saturated carbocycles. The van der Waals surface area contributed by atoms with Gasteiger partial charge in [-0.15, -0.1) is 0 Å². The third-order valence-electron chi connectivity index (χ3n) is 4.86. The van der Waals surface area contributed by atoms with Crippen molar-refractivity contribution in [3.8, 4) is 0 Å². The van der Waals surface area contributed by atoms with E-state index in [0.717, 1.165) is 0 Å². The molecule has 0 spiro atoms. The van der Waals surface area contributed by atoms with Gasteiger partial charge in [-0.2, -0.15) is 0 Å². The van der Waals surface area contributed by atoms with Gasteiger partial charge in [-0.25, -0.2) is 0 Å². The van der Waals surface area contributed by atoms with Gasteiger partial charge in [-0.1, -0.05) is 65.8 Å². The highest BCUT2D eigenvalue weighted by atomic mass is 16.2. The molecule has 0 fully saturated rings. The van der Waals surface area contributed by atoms with E-state index in [0.29, 0.717) is 27.8 Å².